The molecule has 0 heteroatoms. The third-order valence-corrected chi connectivity index (χ3v) is 2.97. The molecule has 60 valence electrons. The molecule has 0 aromatic heterocycles. The van der Waals surface area contributed by atoms with Crippen LogP contribution in [0.2, 0.25) is 0 Å². The van der Waals surface area contributed by atoms with E-state index in [2.05, 4.69) is 13.8 Å². The van der Waals surface area contributed by atoms with Gasteiger partial charge in [-0.15, -0.1) is 0 Å². The molecule has 10 heavy (non-hydrogen) atoms. The second-order valence-electron chi connectivity index (χ2n) is 3.81. The van der Waals surface area contributed by atoms with Crippen LogP contribution in [-0.4, -0.2) is 0 Å². The highest BCUT2D eigenvalue weighted by atomic mass is 14.3. The zero-order valence-corrected chi connectivity index (χ0v) is 7.40. The quantitative estimate of drug-likeness (QED) is 0.559. The van der Waals surface area contributed by atoms with Crippen molar-refractivity contribution in [2.45, 2.75) is 52.4 Å². The van der Waals surface area contributed by atoms with Gasteiger partial charge in [-0.2, -0.15) is 0 Å². The predicted molar refractivity (Wildman–Crippen MR) is 46.0 cm³/mol. The molecule has 0 N–H and O–H groups in total. The molecule has 0 bridgehead atoms. The van der Waals surface area contributed by atoms with Crippen LogP contribution in [0.4, 0.5) is 0 Å². The summed E-state index contributed by atoms with van der Waals surface area (Å²) in [6.45, 7) is 4.72. The highest BCUT2D eigenvalue weighted by molar-refractivity contribution is 4.74. The molecule has 1 saturated carbocycles. The number of rotatable bonds is 4. The van der Waals surface area contributed by atoms with Crippen LogP contribution >= 0.6 is 0 Å². The molecule has 1 atom stereocenters. The summed E-state index contributed by atoms with van der Waals surface area (Å²) in [6.07, 6.45) is 8.83. The highest BCUT2D eigenvalue weighted by Crippen LogP contribution is 2.35. The van der Waals surface area contributed by atoms with Crippen molar-refractivity contribution in [3.05, 3.63) is 0 Å². The van der Waals surface area contributed by atoms with Crippen molar-refractivity contribution in [2.24, 2.45) is 11.8 Å². The molecule has 0 heterocycles. The summed E-state index contributed by atoms with van der Waals surface area (Å²) in [7, 11) is 0. The molecular weight excluding hydrogens is 120 g/mol. The Morgan fingerprint density at radius 1 is 1.40 bits per heavy atom. The van der Waals surface area contributed by atoms with Crippen molar-refractivity contribution in [3.63, 3.8) is 0 Å². The first kappa shape index (κ1) is 8.10. The van der Waals surface area contributed by atoms with Crippen LogP contribution in [0.15, 0.2) is 0 Å². The van der Waals surface area contributed by atoms with Crippen LogP contribution in [0.5, 0.6) is 0 Å². The van der Waals surface area contributed by atoms with Gasteiger partial charge in [0.1, 0.15) is 0 Å². The van der Waals surface area contributed by atoms with Gasteiger partial charge in [0.05, 0.1) is 0 Å². The van der Waals surface area contributed by atoms with Crippen molar-refractivity contribution in [1.29, 1.82) is 0 Å². The summed E-state index contributed by atoms with van der Waals surface area (Å²) in [5.74, 6) is 2.13. The van der Waals surface area contributed by atoms with Crippen molar-refractivity contribution in [1.82, 2.24) is 0 Å². The van der Waals surface area contributed by atoms with Crippen LogP contribution in [0.25, 0.3) is 0 Å². The molecule has 0 aromatic carbocycles. The van der Waals surface area contributed by atoms with Gasteiger partial charge in [-0.05, 0) is 11.8 Å². The summed E-state index contributed by atoms with van der Waals surface area (Å²) >= 11 is 0. The van der Waals surface area contributed by atoms with E-state index in [1.807, 2.05) is 0 Å². The highest BCUT2D eigenvalue weighted by Gasteiger charge is 2.22. The first-order valence-corrected chi connectivity index (χ1v) is 4.84. The molecule has 1 aliphatic rings. The van der Waals surface area contributed by atoms with E-state index in [9.17, 15) is 0 Å². The fourth-order valence-corrected chi connectivity index (χ4v) is 1.77. The first-order valence-electron chi connectivity index (χ1n) is 4.84. The third kappa shape index (κ3) is 2.00. The molecule has 0 aliphatic heterocycles. The molecule has 0 radical (unpaired) electrons. The van der Waals surface area contributed by atoms with Gasteiger partial charge in [0.2, 0.25) is 0 Å². The Morgan fingerprint density at radius 3 is 2.50 bits per heavy atom. The van der Waals surface area contributed by atoms with Gasteiger partial charge < -0.3 is 0 Å². The van der Waals surface area contributed by atoms with Gasteiger partial charge in [-0.1, -0.05) is 52.4 Å². The number of unbranched alkanes of at least 4 members (excludes halogenated alkanes) is 1. The summed E-state index contributed by atoms with van der Waals surface area (Å²) in [6, 6.07) is 0. The first-order chi connectivity index (χ1) is 4.84. The fourth-order valence-electron chi connectivity index (χ4n) is 1.77. The Morgan fingerprint density at radius 2 is 2.10 bits per heavy atom. The van der Waals surface area contributed by atoms with Crippen LogP contribution in [-0.2, 0) is 0 Å². The lowest BCUT2D eigenvalue weighted by molar-refractivity contribution is 0.207. The van der Waals surface area contributed by atoms with Gasteiger partial charge in [0.15, 0.2) is 0 Å². The molecular formula is C10H20. The lowest BCUT2D eigenvalue weighted by atomic mass is 9.75. The van der Waals surface area contributed by atoms with Gasteiger partial charge in [0.25, 0.3) is 0 Å². The number of hydrogen-bond acceptors (Lipinski definition) is 0. The zero-order chi connectivity index (χ0) is 7.40. The third-order valence-electron chi connectivity index (χ3n) is 2.97. The van der Waals surface area contributed by atoms with Gasteiger partial charge in [-0.3, -0.25) is 0 Å². The summed E-state index contributed by atoms with van der Waals surface area (Å²) < 4.78 is 0. The summed E-state index contributed by atoms with van der Waals surface area (Å²) in [5, 5.41) is 0. The monoisotopic (exact) mass is 140 g/mol. The SMILES string of the molecule is CCCCC(C)C1CCC1. The van der Waals surface area contributed by atoms with E-state index in [4.69, 9.17) is 0 Å². The number of hydrogen-bond donors (Lipinski definition) is 0. The minimum absolute atomic E-state index is 1.02. The Kier molecular flexibility index (Phi) is 3.24. The lowest BCUT2D eigenvalue weighted by Crippen LogP contribution is -2.19. The predicted octanol–water partition coefficient (Wildman–Crippen LogP) is 3.61. The average Bonchev–Trinajstić information content (AvgIpc) is 1.79. The molecule has 1 rings (SSSR count). The van der Waals surface area contributed by atoms with Gasteiger partial charge in [-0.25, -0.2) is 0 Å². The van der Waals surface area contributed by atoms with E-state index in [1.54, 1.807) is 0 Å². The van der Waals surface area contributed by atoms with Gasteiger partial charge in [0, 0.05) is 0 Å². The van der Waals surface area contributed by atoms with Crippen LogP contribution in [0.3, 0.4) is 0 Å². The maximum Gasteiger partial charge on any atom is -0.0388 e. The van der Waals surface area contributed by atoms with Crippen molar-refractivity contribution in [3.8, 4) is 0 Å². The topological polar surface area (TPSA) is 0 Å². The maximum absolute atomic E-state index is 2.43. The Hall–Kier alpha value is 0. The molecule has 0 saturated heterocycles. The van der Waals surface area contributed by atoms with E-state index in [0.29, 0.717) is 0 Å². The van der Waals surface area contributed by atoms with Crippen LogP contribution in [0, 0.1) is 11.8 Å². The molecule has 1 fully saturated rings. The van der Waals surface area contributed by atoms with E-state index in [-0.39, 0.29) is 0 Å². The second-order valence-corrected chi connectivity index (χ2v) is 3.81. The van der Waals surface area contributed by atoms with E-state index in [0.717, 1.165) is 11.8 Å². The van der Waals surface area contributed by atoms with Crippen molar-refractivity contribution in [2.75, 3.05) is 0 Å². The van der Waals surface area contributed by atoms with Crippen LogP contribution in [0.1, 0.15) is 52.4 Å². The van der Waals surface area contributed by atoms with Gasteiger partial charge >= 0.3 is 0 Å². The Bertz CT molecular complexity index is 82.0. The van der Waals surface area contributed by atoms with Crippen molar-refractivity contribution >= 4 is 0 Å². The standard InChI is InChI=1S/C10H20/c1-3-4-6-9(2)10-7-5-8-10/h9-10H,3-8H2,1-2H3. The van der Waals surface area contributed by atoms with E-state index >= 15 is 0 Å². The minimum atomic E-state index is 1.02. The fraction of sp³-hybridized carbons (Fsp3) is 1.00. The zero-order valence-electron chi connectivity index (χ0n) is 7.40. The Balaban J connectivity index is 2.02. The van der Waals surface area contributed by atoms with Crippen LogP contribution < -0.4 is 0 Å². The smallest absolute Gasteiger partial charge is 0.0388 e. The second kappa shape index (κ2) is 4.00. The molecule has 0 spiro atoms. The molecule has 0 aromatic rings. The molecule has 1 unspecified atom stereocenters. The largest absolute Gasteiger partial charge is 0.0654 e. The average molecular weight is 140 g/mol. The van der Waals surface area contributed by atoms with Crippen molar-refractivity contribution < 1.29 is 0 Å². The Labute approximate surface area is 65.0 Å². The lowest BCUT2D eigenvalue weighted by Gasteiger charge is -2.31. The summed E-state index contributed by atoms with van der Waals surface area (Å²) in [5.41, 5.74) is 0. The molecule has 0 nitrogen and oxygen atoms in total. The van der Waals surface area contributed by atoms with E-state index in [1.165, 1.54) is 38.5 Å². The maximum atomic E-state index is 2.43. The molecule has 1 aliphatic carbocycles. The molecule has 0 amide bonds. The minimum Gasteiger partial charge on any atom is -0.0654 e. The summed E-state index contributed by atoms with van der Waals surface area (Å²) in [4.78, 5) is 0. The van der Waals surface area contributed by atoms with E-state index < -0.39 is 0 Å². The normalized spacial score (nSPS) is 22.2.